The first kappa shape index (κ1) is 12.8. The third-order valence-electron chi connectivity index (χ3n) is 2.13. The number of hydrogen-bond acceptors (Lipinski definition) is 4. The molecule has 0 radical (unpaired) electrons. The molecule has 16 heavy (non-hydrogen) atoms. The van der Waals surface area contributed by atoms with Crippen molar-refractivity contribution >= 4 is 12.1 Å². The molecule has 92 valence electrons. The Morgan fingerprint density at radius 2 is 2.06 bits per heavy atom. The Bertz CT molecular complexity index is 285. The van der Waals surface area contributed by atoms with Crippen molar-refractivity contribution in [2.24, 2.45) is 0 Å². The maximum Gasteiger partial charge on any atom is 0.410 e. The van der Waals surface area contributed by atoms with Gasteiger partial charge < -0.3 is 20.1 Å². The Morgan fingerprint density at radius 1 is 1.44 bits per heavy atom. The molecule has 0 spiro atoms. The van der Waals surface area contributed by atoms with Crippen molar-refractivity contribution in [2.75, 3.05) is 19.6 Å². The topological polar surface area (TPSA) is 78.9 Å². The monoisotopic (exact) mass is 230 g/mol. The number of hydrogen-bond donors (Lipinski definition) is 2. The van der Waals surface area contributed by atoms with E-state index in [1.54, 1.807) is 20.8 Å². The molecular weight excluding hydrogens is 212 g/mol. The molecule has 1 aliphatic rings. The van der Waals surface area contributed by atoms with Gasteiger partial charge in [-0.3, -0.25) is 4.79 Å². The summed E-state index contributed by atoms with van der Waals surface area (Å²) in [5.41, 5.74) is -0.555. The average molecular weight is 230 g/mol. The molecule has 1 heterocycles. The number of amides is 1. The van der Waals surface area contributed by atoms with Gasteiger partial charge in [0.1, 0.15) is 11.6 Å². The lowest BCUT2D eigenvalue weighted by Crippen LogP contribution is -2.56. The minimum Gasteiger partial charge on any atom is -0.480 e. The van der Waals surface area contributed by atoms with Crippen molar-refractivity contribution in [2.45, 2.75) is 32.4 Å². The predicted octanol–water partition coefficient (Wildman–Crippen LogP) is 0.280. The van der Waals surface area contributed by atoms with Crippen molar-refractivity contribution in [3.8, 4) is 0 Å². The van der Waals surface area contributed by atoms with E-state index in [0.717, 1.165) is 0 Å². The molecule has 0 aliphatic carbocycles. The fourth-order valence-corrected chi connectivity index (χ4v) is 1.41. The van der Waals surface area contributed by atoms with E-state index in [1.165, 1.54) is 4.90 Å². The Hall–Kier alpha value is -1.30. The van der Waals surface area contributed by atoms with E-state index in [2.05, 4.69) is 5.32 Å². The van der Waals surface area contributed by atoms with Gasteiger partial charge in [-0.2, -0.15) is 0 Å². The number of carboxylic acids is 1. The van der Waals surface area contributed by atoms with Crippen LogP contribution < -0.4 is 5.32 Å². The molecule has 6 nitrogen and oxygen atoms in total. The highest BCUT2D eigenvalue weighted by atomic mass is 16.6. The van der Waals surface area contributed by atoms with E-state index in [0.29, 0.717) is 13.1 Å². The lowest BCUT2D eigenvalue weighted by molar-refractivity contribution is -0.140. The minimum atomic E-state index is -0.951. The number of carbonyl (C=O) groups excluding carboxylic acids is 1. The van der Waals surface area contributed by atoms with Crippen LogP contribution in [0.4, 0.5) is 4.79 Å². The minimum absolute atomic E-state index is 0.143. The number of ether oxygens (including phenoxy) is 1. The third-order valence-corrected chi connectivity index (χ3v) is 2.13. The lowest BCUT2D eigenvalue weighted by atomic mass is 10.2. The number of rotatable bonds is 1. The standard InChI is InChI=1S/C10H18N2O4/c1-10(2,3)16-9(15)12-5-4-11-7(6-12)8(13)14/h7,11H,4-6H2,1-3H3,(H,13,14)/t7-/m0/s1. The highest BCUT2D eigenvalue weighted by Crippen LogP contribution is 2.11. The molecule has 2 N–H and O–H groups in total. The van der Waals surface area contributed by atoms with Gasteiger partial charge in [0.05, 0.1) is 6.54 Å². The number of carbonyl (C=O) groups is 2. The Morgan fingerprint density at radius 3 is 2.56 bits per heavy atom. The molecule has 0 bridgehead atoms. The molecule has 6 heteroatoms. The summed E-state index contributed by atoms with van der Waals surface area (Å²) in [5, 5.41) is 11.6. The van der Waals surface area contributed by atoms with E-state index in [-0.39, 0.29) is 6.54 Å². The Labute approximate surface area is 94.6 Å². The first-order chi connectivity index (χ1) is 7.29. The van der Waals surface area contributed by atoms with Gasteiger partial charge in [0, 0.05) is 13.1 Å². The number of nitrogens with one attached hydrogen (secondary N) is 1. The SMILES string of the molecule is CC(C)(C)OC(=O)N1CCN[C@H](C(=O)O)C1. The molecule has 1 fully saturated rings. The van der Waals surface area contributed by atoms with Crippen LogP contribution in [0, 0.1) is 0 Å². The van der Waals surface area contributed by atoms with E-state index < -0.39 is 23.7 Å². The summed E-state index contributed by atoms with van der Waals surface area (Å²) in [6, 6.07) is -0.707. The van der Waals surface area contributed by atoms with Crippen molar-refractivity contribution in [1.82, 2.24) is 10.2 Å². The number of piperazine rings is 1. The highest BCUT2D eigenvalue weighted by molar-refractivity contribution is 5.76. The van der Waals surface area contributed by atoms with Gasteiger partial charge in [0.15, 0.2) is 0 Å². The third kappa shape index (κ3) is 3.69. The zero-order chi connectivity index (χ0) is 12.3. The fourth-order valence-electron chi connectivity index (χ4n) is 1.41. The van der Waals surface area contributed by atoms with Crippen LogP contribution in [0.1, 0.15) is 20.8 Å². The summed E-state index contributed by atoms with van der Waals surface area (Å²) in [7, 11) is 0. The zero-order valence-electron chi connectivity index (χ0n) is 9.82. The molecule has 0 saturated carbocycles. The number of nitrogens with zero attached hydrogens (tertiary/aromatic N) is 1. The van der Waals surface area contributed by atoms with Crippen LogP contribution in [0.3, 0.4) is 0 Å². The maximum absolute atomic E-state index is 11.7. The second kappa shape index (κ2) is 4.69. The Kier molecular flexibility index (Phi) is 3.74. The molecule has 1 saturated heterocycles. The van der Waals surface area contributed by atoms with Gasteiger partial charge in [0.2, 0.25) is 0 Å². The largest absolute Gasteiger partial charge is 0.480 e. The van der Waals surface area contributed by atoms with E-state index >= 15 is 0 Å². The molecule has 0 unspecified atom stereocenters. The molecule has 0 aromatic heterocycles. The number of carboxylic acid groups (broad SMARTS) is 1. The summed E-state index contributed by atoms with van der Waals surface area (Å²) in [6.07, 6.45) is -0.458. The van der Waals surface area contributed by atoms with Crippen LogP contribution in [0.5, 0.6) is 0 Å². The van der Waals surface area contributed by atoms with Gasteiger partial charge >= 0.3 is 12.1 Å². The van der Waals surface area contributed by atoms with Crippen molar-refractivity contribution in [3.05, 3.63) is 0 Å². The summed E-state index contributed by atoms with van der Waals surface area (Å²) >= 11 is 0. The quantitative estimate of drug-likeness (QED) is 0.676. The second-order valence-corrected chi connectivity index (χ2v) is 4.77. The average Bonchev–Trinajstić information content (AvgIpc) is 2.15. The first-order valence-electron chi connectivity index (χ1n) is 5.24. The zero-order valence-corrected chi connectivity index (χ0v) is 9.82. The summed E-state index contributed by atoms with van der Waals surface area (Å²) in [6.45, 7) is 6.42. The summed E-state index contributed by atoms with van der Waals surface area (Å²) < 4.78 is 5.17. The van der Waals surface area contributed by atoms with Gasteiger partial charge in [-0.15, -0.1) is 0 Å². The van der Waals surface area contributed by atoms with Gasteiger partial charge in [-0.05, 0) is 20.8 Å². The van der Waals surface area contributed by atoms with Crippen LogP contribution >= 0.6 is 0 Å². The van der Waals surface area contributed by atoms with Crippen LogP contribution in [0.15, 0.2) is 0 Å². The molecule has 0 aromatic rings. The normalized spacial score (nSPS) is 21.7. The second-order valence-electron chi connectivity index (χ2n) is 4.77. The van der Waals surface area contributed by atoms with Crippen LogP contribution in [0.2, 0.25) is 0 Å². The predicted molar refractivity (Wildman–Crippen MR) is 57.2 cm³/mol. The van der Waals surface area contributed by atoms with Crippen molar-refractivity contribution in [1.29, 1.82) is 0 Å². The maximum atomic E-state index is 11.7. The van der Waals surface area contributed by atoms with Gasteiger partial charge in [0.25, 0.3) is 0 Å². The Balaban J connectivity index is 2.54. The van der Waals surface area contributed by atoms with Gasteiger partial charge in [-0.1, -0.05) is 0 Å². The van der Waals surface area contributed by atoms with Gasteiger partial charge in [-0.25, -0.2) is 4.79 Å². The summed E-state index contributed by atoms with van der Waals surface area (Å²) in [4.78, 5) is 23.8. The first-order valence-corrected chi connectivity index (χ1v) is 5.24. The van der Waals surface area contributed by atoms with E-state index in [1.807, 2.05) is 0 Å². The molecule has 1 aliphatic heterocycles. The fraction of sp³-hybridized carbons (Fsp3) is 0.800. The number of aliphatic carboxylic acids is 1. The highest BCUT2D eigenvalue weighted by Gasteiger charge is 2.30. The molecule has 1 atom stereocenters. The van der Waals surface area contributed by atoms with Crippen molar-refractivity contribution in [3.63, 3.8) is 0 Å². The van der Waals surface area contributed by atoms with Crippen LogP contribution in [-0.4, -0.2) is 53.3 Å². The molecule has 1 amide bonds. The smallest absolute Gasteiger partial charge is 0.410 e. The molecular formula is C10H18N2O4. The van der Waals surface area contributed by atoms with Crippen LogP contribution in [0.25, 0.3) is 0 Å². The summed E-state index contributed by atoms with van der Waals surface area (Å²) in [5.74, 6) is -0.951. The molecule has 1 rings (SSSR count). The van der Waals surface area contributed by atoms with Crippen LogP contribution in [-0.2, 0) is 9.53 Å². The van der Waals surface area contributed by atoms with E-state index in [4.69, 9.17) is 9.84 Å². The molecule has 0 aromatic carbocycles. The van der Waals surface area contributed by atoms with E-state index in [9.17, 15) is 9.59 Å². The van der Waals surface area contributed by atoms with Crippen molar-refractivity contribution < 1.29 is 19.4 Å². The lowest BCUT2D eigenvalue weighted by Gasteiger charge is -2.33.